The molecule has 2 rings (SSSR count). The second kappa shape index (κ2) is 6.34. The van der Waals surface area contributed by atoms with Crippen LogP contribution in [-0.2, 0) is 19.1 Å². The van der Waals surface area contributed by atoms with Crippen LogP contribution in [0.15, 0.2) is 0 Å². The Bertz CT molecular complexity index is 332. The van der Waals surface area contributed by atoms with Gasteiger partial charge in [-0.1, -0.05) is 0 Å². The van der Waals surface area contributed by atoms with E-state index in [1.807, 2.05) is 0 Å². The van der Waals surface area contributed by atoms with E-state index in [2.05, 4.69) is 5.32 Å². The smallest absolute Gasteiger partial charge is 0.311 e. The first-order chi connectivity index (χ1) is 9.14. The highest BCUT2D eigenvalue weighted by molar-refractivity contribution is 5.80. The van der Waals surface area contributed by atoms with Gasteiger partial charge in [0.15, 0.2) is 0 Å². The van der Waals surface area contributed by atoms with Gasteiger partial charge in [0.2, 0.25) is 5.91 Å². The van der Waals surface area contributed by atoms with Crippen molar-refractivity contribution in [1.82, 2.24) is 5.32 Å². The van der Waals surface area contributed by atoms with Crippen LogP contribution in [-0.4, -0.2) is 50.0 Å². The maximum absolute atomic E-state index is 12.0. The van der Waals surface area contributed by atoms with Crippen molar-refractivity contribution in [1.29, 1.82) is 0 Å². The molecule has 0 bridgehead atoms. The van der Waals surface area contributed by atoms with E-state index in [-0.39, 0.29) is 18.4 Å². The van der Waals surface area contributed by atoms with Crippen LogP contribution >= 0.6 is 0 Å². The summed E-state index contributed by atoms with van der Waals surface area (Å²) in [5.41, 5.74) is -0.862. The average Bonchev–Trinajstić information content (AvgIpc) is 2.46. The molecule has 0 saturated carbocycles. The largest absolute Gasteiger partial charge is 0.481 e. The highest BCUT2D eigenvalue weighted by atomic mass is 16.5. The zero-order chi connectivity index (χ0) is 13.7. The molecule has 2 aliphatic rings. The molecule has 0 aliphatic carbocycles. The third kappa shape index (κ3) is 3.45. The zero-order valence-electron chi connectivity index (χ0n) is 11.0. The number of hydrogen-bond donors (Lipinski definition) is 2. The molecule has 1 amide bonds. The molecule has 2 saturated heterocycles. The summed E-state index contributed by atoms with van der Waals surface area (Å²) in [6, 6.07) is 0. The maximum atomic E-state index is 12.0. The molecule has 19 heavy (non-hydrogen) atoms. The van der Waals surface area contributed by atoms with Crippen molar-refractivity contribution in [3.05, 3.63) is 0 Å². The predicted octanol–water partition coefficient (Wildman–Crippen LogP) is 0.411. The van der Waals surface area contributed by atoms with Crippen LogP contribution in [0.5, 0.6) is 0 Å². The number of aliphatic carboxylic acids is 1. The molecule has 6 heteroatoms. The van der Waals surface area contributed by atoms with Crippen LogP contribution in [0.25, 0.3) is 0 Å². The van der Waals surface area contributed by atoms with Crippen molar-refractivity contribution in [2.45, 2.75) is 25.7 Å². The average molecular weight is 271 g/mol. The standard InChI is InChI=1S/C13H21NO5/c15-11(10-1-5-18-6-2-10)14-9-13(12(16)17)3-7-19-8-4-13/h10H,1-9H2,(H,14,15)(H,16,17). The van der Waals surface area contributed by atoms with E-state index in [1.165, 1.54) is 0 Å². The molecule has 0 spiro atoms. The highest BCUT2D eigenvalue weighted by Gasteiger charge is 2.40. The number of carbonyl (C=O) groups is 2. The molecule has 2 N–H and O–H groups in total. The summed E-state index contributed by atoms with van der Waals surface area (Å²) in [4.78, 5) is 23.5. The molecule has 0 aromatic carbocycles. The fourth-order valence-corrected chi connectivity index (χ4v) is 2.59. The van der Waals surface area contributed by atoms with Crippen LogP contribution in [0, 0.1) is 11.3 Å². The van der Waals surface area contributed by atoms with Gasteiger partial charge in [-0.3, -0.25) is 9.59 Å². The Morgan fingerprint density at radius 2 is 1.68 bits per heavy atom. The lowest BCUT2D eigenvalue weighted by molar-refractivity contribution is -0.155. The van der Waals surface area contributed by atoms with Crippen LogP contribution < -0.4 is 5.32 Å². The molecule has 2 aliphatic heterocycles. The van der Waals surface area contributed by atoms with Gasteiger partial charge in [0.25, 0.3) is 0 Å². The van der Waals surface area contributed by atoms with Crippen molar-refractivity contribution in [2.75, 3.05) is 33.0 Å². The second-order valence-corrected chi connectivity index (χ2v) is 5.30. The van der Waals surface area contributed by atoms with Crippen molar-refractivity contribution in [2.24, 2.45) is 11.3 Å². The predicted molar refractivity (Wildman–Crippen MR) is 66.7 cm³/mol. The van der Waals surface area contributed by atoms with Gasteiger partial charge in [0, 0.05) is 38.9 Å². The first kappa shape index (κ1) is 14.3. The number of hydrogen-bond acceptors (Lipinski definition) is 4. The summed E-state index contributed by atoms with van der Waals surface area (Å²) in [5, 5.41) is 12.2. The summed E-state index contributed by atoms with van der Waals surface area (Å²) in [5.74, 6) is -0.932. The summed E-state index contributed by atoms with van der Waals surface area (Å²) in [6.07, 6.45) is 2.34. The number of ether oxygens (including phenoxy) is 2. The van der Waals surface area contributed by atoms with E-state index in [9.17, 15) is 14.7 Å². The van der Waals surface area contributed by atoms with Crippen molar-refractivity contribution < 1.29 is 24.2 Å². The zero-order valence-corrected chi connectivity index (χ0v) is 11.0. The maximum Gasteiger partial charge on any atom is 0.311 e. The lowest BCUT2D eigenvalue weighted by atomic mass is 9.80. The molecule has 0 atom stereocenters. The molecular formula is C13H21NO5. The molecule has 2 fully saturated rings. The normalized spacial score (nSPS) is 23.8. The van der Waals surface area contributed by atoms with Gasteiger partial charge in [-0.25, -0.2) is 0 Å². The van der Waals surface area contributed by atoms with Gasteiger partial charge in [-0.2, -0.15) is 0 Å². The molecule has 108 valence electrons. The topological polar surface area (TPSA) is 84.9 Å². The minimum Gasteiger partial charge on any atom is -0.481 e. The molecule has 0 radical (unpaired) electrons. The van der Waals surface area contributed by atoms with Crippen molar-refractivity contribution in [3.8, 4) is 0 Å². The third-order valence-corrected chi connectivity index (χ3v) is 4.10. The van der Waals surface area contributed by atoms with E-state index in [1.54, 1.807) is 0 Å². The van der Waals surface area contributed by atoms with Crippen molar-refractivity contribution in [3.63, 3.8) is 0 Å². The molecule has 6 nitrogen and oxygen atoms in total. The van der Waals surface area contributed by atoms with Gasteiger partial charge >= 0.3 is 5.97 Å². The summed E-state index contributed by atoms with van der Waals surface area (Å²) in [7, 11) is 0. The van der Waals surface area contributed by atoms with Gasteiger partial charge in [-0.05, 0) is 25.7 Å². The number of carboxylic acids is 1. The lowest BCUT2D eigenvalue weighted by Gasteiger charge is -2.33. The van der Waals surface area contributed by atoms with Crippen LogP contribution in [0.2, 0.25) is 0 Å². The number of rotatable bonds is 4. The monoisotopic (exact) mass is 271 g/mol. The van der Waals surface area contributed by atoms with E-state index < -0.39 is 11.4 Å². The van der Waals surface area contributed by atoms with Gasteiger partial charge in [-0.15, -0.1) is 0 Å². The molecule has 0 aromatic rings. The fraction of sp³-hybridized carbons (Fsp3) is 0.846. The molecular weight excluding hydrogens is 250 g/mol. The van der Waals surface area contributed by atoms with Gasteiger partial charge in [0.1, 0.15) is 0 Å². The van der Waals surface area contributed by atoms with E-state index in [0.717, 1.165) is 12.8 Å². The minimum absolute atomic E-state index is 0.0422. The Kier molecular flexibility index (Phi) is 4.76. The lowest BCUT2D eigenvalue weighted by Crippen LogP contribution is -2.48. The molecule has 0 unspecified atom stereocenters. The Morgan fingerprint density at radius 3 is 2.26 bits per heavy atom. The van der Waals surface area contributed by atoms with Crippen molar-refractivity contribution >= 4 is 11.9 Å². The summed E-state index contributed by atoms with van der Waals surface area (Å²) < 4.78 is 10.4. The summed E-state index contributed by atoms with van der Waals surface area (Å²) >= 11 is 0. The Balaban J connectivity index is 1.87. The summed E-state index contributed by atoms with van der Waals surface area (Å²) in [6.45, 7) is 2.30. The SMILES string of the molecule is O=C(NCC1(C(=O)O)CCOCC1)C1CCOCC1. The van der Waals surface area contributed by atoms with Gasteiger partial charge < -0.3 is 19.9 Å². The molecule has 0 aromatic heterocycles. The minimum atomic E-state index is -0.862. The highest BCUT2D eigenvalue weighted by Crippen LogP contribution is 2.30. The Hall–Kier alpha value is -1.14. The second-order valence-electron chi connectivity index (χ2n) is 5.30. The van der Waals surface area contributed by atoms with E-state index in [4.69, 9.17) is 9.47 Å². The number of amides is 1. The van der Waals surface area contributed by atoms with Gasteiger partial charge in [0.05, 0.1) is 5.41 Å². The first-order valence-corrected chi connectivity index (χ1v) is 6.81. The first-order valence-electron chi connectivity index (χ1n) is 6.81. The quantitative estimate of drug-likeness (QED) is 0.773. The molecule has 2 heterocycles. The number of carbonyl (C=O) groups excluding carboxylic acids is 1. The fourth-order valence-electron chi connectivity index (χ4n) is 2.59. The van der Waals surface area contributed by atoms with Crippen LogP contribution in [0.4, 0.5) is 0 Å². The Morgan fingerprint density at radius 1 is 1.11 bits per heavy atom. The van der Waals surface area contributed by atoms with E-state index in [0.29, 0.717) is 39.3 Å². The Labute approximate surface area is 112 Å². The van der Waals surface area contributed by atoms with Crippen LogP contribution in [0.1, 0.15) is 25.7 Å². The van der Waals surface area contributed by atoms with E-state index >= 15 is 0 Å². The third-order valence-electron chi connectivity index (χ3n) is 4.10. The van der Waals surface area contributed by atoms with Crippen LogP contribution in [0.3, 0.4) is 0 Å². The number of nitrogens with one attached hydrogen (secondary N) is 1. The number of carboxylic acid groups (broad SMARTS) is 1.